The quantitative estimate of drug-likeness (QED) is 0.282. The van der Waals surface area contributed by atoms with E-state index in [1.54, 1.807) is 6.92 Å². The SMILES string of the molecule is CC(=O)Nc1cc2c(cc1Br)[C@]1(C)c3ccccc3[C@]3(C)c4ccccc4[C@@]2(C)[C@@]31C.ClC(Cl)Cl. The van der Waals surface area contributed by atoms with Gasteiger partial charge in [0.2, 0.25) is 5.91 Å². The molecular formula is C29H27BrCl3NO. The molecule has 35 heavy (non-hydrogen) atoms. The first-order valence-electron chi connectivity index (χ1n) is 11.6. The second kappa shape index (κ2) is 7.99. The first kappa shape index (κ1) is 25.1. The summed E-state index contributed by atoms with van der Waals surface area (Å²) in [6, 6.07) is 22.5. The molecule has 0 heterocycles. The number of rotatable bonds is 1. The van der Waals surface area contributed by atoms with Crippen LogP contribution in [0.25, 0.3) is 0 Å². The summed E-state index contributed by atoms with van der Waals surface area (Å²) in [7, 11) is 0. The number of hydrogen-bond donors (Lipinski definition) is 1. The van der Waals surface area contributed by atoms with Crippen molar-refractivity contribution in [2.24, 2.45) is 5.41 Å². The average molecular weight is 592 g/mol. The fraction of sp³-hybridized carbons (Fsp3) is 0.345. The molecule has 0 radical (unpaired) electrons. The lowest BCUT2D eigenvalue weighted by atomic mass is 9.52. The highest BCUT2D eigenvalue weighted by molar-refractivity contribution is 9.10. The van der Waals surface area contributed by atoms with Gasteiger partial charge in [-0.15, -0.1) is 0 Å². The number of halogens is 4. The fourth-order valence-corrected chi connectivity index (χ4v) is 8.39. The van der Waals surface area contributed by atoms with Crippen LogP contribution in [-0.2, 0) is 21.0 Å². The molecule has 3 aliphatic carbocycles. The molecule has 182 valence electrons. The zero-order chi connectivity index (χ0) is 25.6. The van der Waals surface area contributed by atoms with Gasteiger partial charge in [-0.1, -0.05) is 111 Å². The lowest BCUT2D eigenvalue weighted by Crippen LogP contribution is -2.51. The predicted molar refractivity (Wildman–Crippen MR) is 150 cm³/mol. The van der Waals surface area contributed by atoms with Gasteiger partial charge in [0.1, 0.15) is 0 Å². The molecule has 0 aliphatic heterocycles. The third-order valence-corrected chi connectivity index (χ3v) is 10.2. The number of hydrogen-bond acceptors (Lipinski definition) is 1. The minimum Gasteiger partial charge on any atom is -0.325 e. The molecule has 0 aromatic heterocycles. The van der Waals surface area contributed by atoms with Crippen molar-refractivity contribution in [1.82, 2.24) is 0 Å². The zero-order valence-corrected chi connectivity index (χ0v) is 24.1. The molecule has 0 spiro atoms. The smallest absolute Gasteiger partial charge is 0.221 e. The molecule has 3 aromatic carbocycles. The molecule has 2 nitrogen and oxygen atoms in total. The van der Waals surface area contributed by atoms with Crippen LogP contribution in [-0.4, -0.2) is 10.2 Å². The first-order chi connectivity index (χ1) is 16.4. The Kier molecular flexibility index (Phi) is 5.74. The summed E-state index contributed by atoms with van der Waals surface area (Å²) in [5, 5.41) is 3.04. The molecule has 3 aliphatic rings. The van der Waals surface area contributed by atoms with Crippen LogP contribution in [0.15, 0.2) is 65.1 Å². The average Bonchev–Trinajstić information content (AvgIpc) is 3.15. The van der Waals surface area contributed by atoms with Crippen LogP contribution in [0.3, 0.4) is 0 Å². The summed E-state index contributed by atoms with van der Waals surface area (Å²) in [6.45, 7) is 11.4. The molecule has 0 saturated heterocycles. The van der Waals surface area contributed by atoms with E-state index in [-0.39, 0.29) is 27.6 Å². The van der Waals surface area contributed by atoms with E-state index in [2.05, 4.69) is 110 Å². The Balaban J connectivity index is 0.000000591. The minimum absolute atomic E-state index is 0.0524. The fourth-order valence-electron chi connectivity index (χ4n) is 7.95. The summed E-state index contributed by atoms with van der Waals surface area (Å²) in [5.41, 5.74) is 8.73. The first-order valence-corrected chi connectivity index (χ1v) is 13.7. The maximum atomic E-state index is 11.9. The molecule has 0 fully saturated rings. The van der Waals surface area contributed by atoms with Gasteiger partial charge in [-0.3, -0.25) is 4.79 Å². The Hall–Kier alpha value is -1.52. The van der Waals surface area contributed by atoms with Crippen molar-refractivity contribution >= 4 is 62.3 Å². The Bertz CT molecular complexity index is 1390. The van der Waals surface area contributed by atoms with E-state index >= 15 is 0 Å². The number of carbonyl (C=O) groups excluding carboxylic acids is 1. The van der Waals surface area contributed by atoms with E-state index in [9.17, 15) is 4.79 Å². The van der Waals surface area contributed by atoms with Gasteiger partial charge < -0.3 is 5.32 Å². The molecule has 3 aromatic rings. The molecule has 6 rings (SSSR count). The highest BCUT2D eigenvalue weighted by atomic mass is 79.9. The summed E-state index contributed by atoms with van der Waals surface area (Å²) < 4.78 is 0.189. The number of fused-ring (bicyclic) bond motifs is 9. The van der Waals surface area contributed by atoms with Crippen LogP contribution in [0.5, 0.6) is 0 Å². The molecule has 4 atom stereocenters. The molecule has 0 bridgehead atoms. The minimum atomic E-state index is -0.750. The van der Waals surface area contributed by atoms with E-state index in [4.69, 9.17) is 34.8 Å². The van der Waals surface area contributed by atoms with Gasteiger partial charge in [-0.2, -0.15) is 0 Å². The standard InChI is InChI=1S/C28H26BrNO.CHCl3/c1-16(31)30-24-15-22-21(14-23(24)29)26(3)19-12-8-6-10-17(19)25(2)18-11-7-9-13-20(18)27(22,4)28(25,26)5;2-1(3)4/h6-15H,1-5H3,(H,30,31);1H/t25-,26+,27-,28+;/m1./s1. The topological polar surface area (TPSA) is 29.1 Å². The van der Waals surface area contributed by atoms with E-state index < -0.39 is 4.30 Å². The van der Waals surface area contributed by atoms with E-state index in [0.717, 1.165) is 10.2 Å². The summed E-state index contributed by atoms with van der Waals surface area (Å²) in [6.07, 6.45) is 0. The van der Waals surface area contributed by atoms with E-state index in [1.807, 2.05) is 0 Å². The van der Waals surface area contributed by atoms with Gasteiger partial charge in [0.15, 0.2) is 4.30 Å². The van der Waals surface area contributed by atoms with E-state index in [1.165, 1.54) is 33.4 Å². The van der Waals surface area contributed by atoms with Crippen molar-refractivity contribution in [3.63, 3.8) is 0 Å². The third kappa shape index (κ3) is 2.82. The second-order valence-electron chi connectivity index (χ2n) is 10.4. The number of benzene rings is 3. The lowest BCUT2D eigenvalue weighted by molar-refractivity contribution is -0.114. The zero-order valence-electron chi connectivity index (χ0n) is 20.3. The maximum Gasteiger partial charge on any atom is 0.221 e. The summed E-state index contributed by atoms with van der Waals surface area (Å²) in [4.78, 5) is 11.9. The van der Waals surface area contributed by atoms with Crippen LogP contribution in [0.1, 0.15) is 68.0 Å². The molecule has 0 saturated carbocycles. The molecule has 1 N–H and O–H groups in total. The van der Waals surface area contributed by atoms with Crippen LogP contribution >= 0.6 is 50.7 Å². The summed E-state index contributed by atoms with van der Waals surface area (Å²) in [5.74, 6) is -0.0524. The van der Waals surface area contributed by atoms with Crippen LogP contribution in [0.2, 0.25) is 0 Å². The lowest BCUT2D eigenvalue weighted by Gasteiger charge is -2.49. The van der Waals surface area contributed by atoms with Crippen molar-refractivity contribution in [3.8, 4) is 0 Å². The Labute approximate surface area is 230 Å². The third-order valence-electron chi connectivity index (χ3n) is 9.50. The number of anilines is 1. The molecule has 0 unspecified atom stereocenters. The second-order valence-corrected chi connectivity index (χ2v) is 13.2. The van der Waals surface area contributed by atoms with Crippen molar-refractivity contribution < 1.29 is 4.79 Å². The number of amides is 1. The van der Waals surface area contributed by atoms with Crippen LogP contribution in [0.4, 0.5) is 5.69 Å². The summed E-state index contributed by atoms with van der Waals surface area (Å²) >= 11 is 18.2. The van der Waals surface area contributed by atoms with Gasteiger partial charge in [0.25, 0.3) is 0 Å². The Morgan fingerprint density at radius 1 is 0.743 bits per heavy atom. The van der Waals surface area contributed by atoms with Gasteiger partial charge in [-0.05, 0) is 61.4 Å². The number of nitrogens with one attached hydrogen (secondary N) is 1. The molecule has 1 amide bonds. The predicted octanol–water partition coefficient (Wildman–Crippen LogP) is 8.66. The van der Waals surface area contributed by atoms with Crippen molar-refractivity contribution in [3.05, 3.63) is 98.5 Å². The number of carbonyl (C=O) groups is 1. The Morgan fingerprint density at radius 3 is 1.46 bits per heavy atom. The number of alkyl halides is 3. The van der Waals surface area contributed by atoms with Crippen molar-refractivity contribution in [2.45, 2.75) is 55.2 Å². The van der Waals surface area contributed by atoms with Crippen molar-refractivity contribution in [1.29, 1.82) is 0 Å². The maximum absolute atomic E-state index is 11.9. The normalized spacial score (nSPS) is 30.7. The monoisotopic (exact) mass is 589 g/mol. The highest BCUT2D eigenvalue weighted by Crippen LogP contribution is 2.82. The van der Waals surface area contributed by atoms with Crippen molar-refractivity contribution in [2.75, 3.05) is 5.32 Å². The van der Waals surface area contributed by atoms with Gasteiger partial charge >= 0.3 is 0 Å². The highest BCUT2D eigenvalue weighted by Gasteiger charge is 2.79. The molecule has 6 heteroatoms. The van der Waals surface area contributed by atoms with Crippen LogP contribution in [0, 0.1) is 5.41 Å². The largest absolute Gasteiger partial charge is 0.325 e. The van der Waals surface area contributed by atoms with Gasteiger partial charge in [0, 0.05) is 33.1 Å². The van der Waals surface area contributed by atoms with Gasteiger partial charge in [-0.25, -0.2) is 0 Å². The van der Waals surface area contributed by atoms with E-state index in [0.29, 0.717) is 0 Å². The van der Waals surface area contributed by atoms with Crippen LogP contribution < -0.4 is 5.32 Å². The van der Waals surface area contributed by atoms with Gasteiger partial charge in [0.05, 0.1) is 5.69 Å². The molecular weight excluding hydrogens is 565 g/mol. The Morgan fingerprint density at radius 2 is 1.09 bits per heavy atom.